The number of carbonyl (C=O) groups excluding carboxylic acids is 1. The number of aliphatic hydroxyl groups excluding tert-OH is 1. The molecular formula is C21H26N2O5S. The van der Waals surface area contributed by atoms with Gasteiger partial charge in [0.2, 0.25) is 0 Å². The molecule has 1 amide bonds. The molecule has 2 aromatic carbocycles. The van der Waals surface area contributed by atoms with E-state index >= 15 is 0 Å². The van der Waals surface area contributed by atoms with Gasteiger partial charge < -0.3 is 15.5 Å². The van der Waals surface area contributed by atoms with Crippen molar-refractivity contribution in [3.8, 4) is 0 Å². The van der Waals surface area contributed by atoms with Gasteiger partial charge in [-0.1, -0.05) is 25.5 Å². The third kappa shape index (κ3) is 5.50. The maximum atomic E-state index is 12.8. The minimum Gasteiger partial charge on any atom is -0.478 e. The van der Waals surface area contributed by atoms with Gasteiger partial charge >= 0.3 is 5.97 Å². The highest BCUT2D eigenvalue weighted by atomic mass is 32.2. The first kappa shape index (κ1) is 22.7. The molecule has 156 valence electrons. The molecule has 7 nitrogen and oxygen atoms in total. The van der Waals surface area contributed by atoms with Crippen LogP contribution in [0.25, 0.3) is 0 Å². The Labute approximate surface area is 173 Å². The number of nitrogens with zero attached hydrogens (tertiary/aromatic N) is 1. The van der Waals surface area contributed by atoms with Crippen LogP contribution >= 0.6 is 0 Å². The Morgan fingerprint density at radius 1 is 1.14 bits per heavy atom. The van der Waals surface area contributed by atoms with Crippen molar-refractivity contribution in [2.75, 3.05) is 18.5 Å². The van der Waals surface area contributed by atoms with E-state index in [1.807, 2.05) is 13.8 Å². The normalized spacial score (nSPS) is 13.1. The molecule has 0 heterocycles. The fourth-order valence-corrected chi connectivity index (χ4v) is 4.29. The van der Waals surface area contributed by atoms with Gasteiger partial charge in [0.25, 0.3) is 5.91 Å². The third-order valence-corrected chi connectivity index (χ3v) is 6.24. The first-order chi connectivity index (χ1) is 13.8. The number of benzene rings is 2. The molecule has 0 saturated heterocycles. The van der Waals surface area contributed by atoms with Crippen molar-refractivity contribution in [2.45, 2.75) is 38.1 Å². The summed E-state index contributed by atoms with van der Waals surface area (Å²) in [4.78, 5) is 24.4. The average Bonchev–Trinajstić information content (AvgIpc) is 2.72. The Kier molecular flexibility index (Phi) is 8.07. The molecule has 0 aromatic heterocycles. The van der Waals surface area contributed by atoms with Crippen LogP contribution in [0.3, 0.4) is 0 Å². The second-order valence-electron chi connectivity index (χ2n) is 6.56. The van der Waals surface area contributed by atoms with Crippen LogP contribution in [0.15, 0.2) is 47.4 Å². The Morgan fingerprint density at radius 3 is 2.31 bits per heavy atom. The minimum absolute atomic E-state index is 0.0178. The van der Waals surface area contributed by atoms with E-state index in [2.05, 4.69) is 5.32 Å². The second-order valence-corrected chi connectivity index (χ2v) is 8.00. The monoisotopic (exact) mass is 418 g/mol. The summed E-state index contributed by atoms with van der Waals surface area (Å²) in [7, 11) is -1.46. The summed E-state index contributed by atoms with van der Waals surface area (Å²) in [5, 5.41) is 21.4. The zero-order valence-electron chi connectivity index (χ0n) is 16.7. The van der Waals surface area contributed by atoms with E-state index < -0.39 is 22.9 Å². The number of hydrogen-bond acceptors (Lipinski definition) is 4. The van der Waals surface area contributed by atoms with E-state index in [9.17, 15) is 24.0 Å². The molecule has 0 bridgehead atoms. The lowest BCUT2D eigenvalue weighted by Crippen LogP contribution is -2.38. The molecule has 0 aliphatic carbocycles. The zero-order chi connectivity index (χ0) is 21.6. The summed E-state index contributed by atoms with van der Waals surface area (Å²) < 4.78 is 14.5. The van der Waals surface area contributed by atoms with Gasteiger partial charge in [0.15, 0.2) is 0 Å². The van der Waals surface area contributed by atoms with Crippen LogP contribution in [-0.4, -0.2) is 49.8 Å². The Hall–Kier alpha value is -2.55. The highest BCUT2D eigenvalue weighted by Crippen LogP contribution is 2.20. The number of likely N-dealkylation sites (N-methyl/N-ethyl adjacent to an activating group) is 1. The van der Waals surface area contributed by atoms with Crippen LogP contribution in [-0.2, 0) is 11.0 Å². The summed E-state index contributed by atoms with van der Waals surface area (Å²) in [5.74, 6) is -1.58. The number of aromatic carboxylic acids is 1. The van der Waals surface area contributed by atoms with E-state index in [-0.39, 0.29) is 23.9 Å². The number of aliphatic hydroxyl groups is 1. The van der Waals surface area contributed by atoms with Crippen LogP contribution in [0.1, 0.15) is 46.5 Å². The highest BCUT2D eigenvalue weighted by Gasteiger charge is 2.22. The summed E-state index contributed by atoms with van der Waals surface area (Å²) >= 11 is 0. The lowest BCUT2D eigenvalue weighted by atomic mass is 10.1. The number of aryl methyl sites for hydroxylation is 1. The summed E-state index contributed by atoms with van der Waals surface area (Å²) in [5.41, 5.74) is 1.33. The van der Waals surface area contributed by atoms with Gasteiger partial charge in [0.1, 0.15) is 11.0 Å². The quantitative estimate of drug-likeness (QED) is 0.580. The number of anilines is 1. The number of carbonyl (C=O) groups is 2. The fourth-order valence-electron chi connectivity index (χ4n) is 2.93. The van der Waals surface area contributed by atoms with E-state index in [0.717, 1.165) is 5.56 Å². The van der Waals surface area contributed by atoms with Crippen molar-refractivity contribution in [3.05, 3.63) is 59.2 Å². The molecule has 0 aliphatic heterocycles. The fraction of sp³-hybridized carbons (Fsp3) is 0.333. The maximum Gasteiger partial charge on any atom is 0.337 e. The van der Waals surface area contributed by atoms with Gasteiger partial charge in [-0.15, -0.1) is 0 Å². The SMILES string of the molecule is CCC(CO)N(CC)S(=O)c1ccc(C(=O)Nc2ccc(C)cc2C(=O)O)cc1. The molecule has 0 aliphatic rings. The summed E-state index contributed by atoms with van der Waals surface area (Å²) in [6.07, 6.45) is 0.666. The number of amides is 1. The van der Waals surface area contributed by atoms with Crippen LogP contribution in [0.4, 0.5) is 5.69 Å². The van der Waals surface area contributed by atoms with E-state index in [4.69, 9.17) is 0 Å². The lowest BCUT2D eigenvalue weighted by Gasteiger charge is -2.27. The number of rotatable bonds is 9. The van der Waals surface area contributed by atoms with Crippen molar-refractivity contribution >= 4 is 28.5 Å². The van der Waals surface area contributed by atoms with Crippen LogP contribution in [0, 0.1) is 6.92 Å². The van der Waals surface area contributed by atoms with Crippen LogP contribution < -0.4 is 5.32 Å². The minimum atomic E-state index is -1.46. The van der Waals surface area contributed by atoms with Crippen molar-refractivity contribution < 1.29 is 24.0 Å². The predicted molar refractivity (Wildman–Crippen MR) is 112 cm³/mol. The standard InChI is InChI=1S/C21H26N2O5S/c1-4-16(13-24)23(5-2)29(28)17-9-7-15(8-10-17)20(25)22-19-11-6-14(3)12-18(19)21(26)27/h6-12,16,24H,4-5,13H2,1-3H3,(H,22,25)(H,26,27). The smallest absolute Gasteiger partial charge is 0.337 e. The highest BCUT2D eigenvalue weighted by molar-refractivity contribution is 7.82. The van der Waals surface area contributed by atoms with Crippen molar-refractivity contribution in [1.29, 1.82) is 0 Å². The maximum absolute atomic E-state index is 12.8. The number of nitrogens with one attached hydrogen (secondary N) is 1. The van der Waals surface area contributed by atoms with Gasteiger partial charge in [-0.05, 0) is 49.7 Å². The predicted octanol–water partition coefficient (Wildman–Crippen LogP) is 3.06. The first-order valence-corrected chi connectivity index (χ1v) is 10.5. The molecule has 2 aromatic rings. The topological polar surface area (TPSA) is 107 Å². The van der Waals surface area contributed by atoms with Gasteiger partial charge in [-0.2, -0.15) is 0 Å². The Bertz CT molecular complexity index is 894. The molecular weight excluding hydrogens is 392 g/mol. The van der Waals surface area contributed by atoms with Crippen LogP contribution in [0.5, 0.6) is 0 Å². The van der Waals surface area contributed by atoms with E-state index in [1.165, 1.54) is 6.07 Å². The number of carboxylic acid groups (broad SMARTS) is 1. The average molecular weight is 419 g/mol. The van der Waals surface area contributed by atoms with E-state index in [1.54, 1.807) is 47.6 Å². The molecule has 0 fully saturated rings. The zero-order valence-corrected chi connectivity index (χ0v) is 17.5. The van der Waals surface area contributed by atoms with Crippen LogP contribution in [0.2, 0.25) is 0 Å². The number of carboxylic acids is 1. The largest absolute Gasteiger partial charge is 0.478 e. The first-order valence-electron chi connectivity index (χ1n) is 9.37. The molecule has 2 unspecified atom stereocenters. The number of hydrogen-bond donors (Lipinski definition) is 3. The van der Waals surface area contributed by atoms with Gasteiger partial charge in [0.05, 0.1) is 22.8 Å². The van der Waals surface area contributed by atoms with Crippen molar-refractivity contribution in [2.24, 2.45) is 0 Å². The molecule has 8 heteroatoms. The van der Waals surface area contributed by atoms with Crippen molar-refractivity contribution in [1.82, 2.24) is 4.31 Å². The third-order valence-electron chi connectivity index (χ3n) is 4.59. The van der Waals surface area contributed by atoms with Crippen molar-refractivity contribution in [3.63, 3.8) is 0 Å². The molecule has 3 N–H and O–H groups in total. The second kappa shape index (κ2) is 10.3. The summed E-state index contributed by atoms with van der Waals surface area (Å²) in [6.45, 7) is 6.00. The molecule has 0 spiro atoms. The molecule has 0 saturated carbocycles. The molecule has 2 atom stereocenters. The van der Waals surface area contributed by atoms with Gasteiger partial charge in [-0.25, -0.2) is 13.3 Å². The Morgan fingerprint density at radius 2 is 1.79 bits per heavy atom. The molecule has 29 heavy (non-hydrogen) atoms. The van der Waals surface area contributed by atoms with Gasteiger partial charge in [-0.3, -0.25) is 4.79 Å². The van der Waals surface area contributed by atoms with E-state index in [0.29, 0.717) is 23.4 Å². The lowest BCUT2D eigenvalue weighted by molar-refractivity contribution is 0.0698. The molecule has 0 radical (unpaired) electrons. The molecule has 2 rings (SSSR count). The summed E-state index contributed by atoms with van der Waals surface area (Å²) in [6, 6.07) is 10.9. The van der Waals surface area contributed by atoms with Gasteiger partial charge in [0, 0.05) is 18.2 Å². The Balaban J connectivity index is 2.19.